The van der Waals surface area contributed by atoms with Gasteiger partial charge in [-0.1, -0.05) is 24.3 Å². The fraction of sp³-hybridized carbons (Fsp3) is 0.292. The summed E-state index contributed by atoms with van der Waals surface area (Å²) >= 11 is 0. The van der Waals surface area contributed by atoms with Crippen molar-refractivity contribution in [2.24, 2.45) is 0 Å². The monoisotopic (exact) mass is 439 g/mol. The molecule has 2 rings (SSSR count). The molecule has 2 aromatic carbocycles. The lowest BCUT2D eigenvalue weighted by Crippen LogP contribution is -2.39. The molecule has 0 bridgehead atoms. The van der Waals surface area contributed by atoms with Crippen LogP contribution in [-0.2, 0) is 20.9 Å². The van der Waals surface area contributed by atoms with Crippen molar-refractivity contribution in [1.82, 2.24) is 10.6 Å². The summed E-state index contributed by atoms with van der Waals surface area (Å²) in [7, 11) is 1.59. The summed E-state index contributed by atoms with van der Waals surface area (Å²) in [5, 5.41) is 7.89. The number of ether oxygens (including phenoxy) is 2. The maximum Gasteiger partial charge on any atom is 0.408 e. The molecule has 0 fully saturated rings. The van der Waals surface area contributed by atoms with Crippen LogP contribution >= 0.6 is 0 Å². The van der Waals surface area contributed by atoms with Crippen LogP contribution in [-0.4, -0.2) is 37.2 Å². The lowest BCUT2D eigenvalue weighted by Gasteiger charge is -2.19. The third kappa shape index (κ3) is 9.34. The predicted molar refractivity (Wildman–Crippen MR) is 123 cm³/mol. The van der Waals surface area contributed by atoms with Crippen LogP contribution < -0.4 is 20.7 Å². The molecule has 0 heterocycles. The molecule has 0 radical (unpaired) electrons. The van der Waals surface area contributed by atoms with Gasteiger partial charge < -0.3 is 25.4 Å². The highest BCUT2D eigenvalue weighted by Gasteiger charge is 2.16. The van der Waals surface area contributed by atoms with Crippen LogP contribution in [0.25, 0.3) is 6.08 Å². The van der Waals surface area contributed by atoms with E-state index in [1.165, 1.54) is 6.08 Å². The summed E-state index contributed by atoms with van der Waals surface area (Å²) in [6.07, 6.45) is 2.50. The Hall–Kier alpha value is -3.81. The second-order valence-corrected chi connectivity index (χ2v) is 7.93. The Labute approximate surface area is 188 Å². The molecule has 3 N–H and O–H groups in total. The summed E-state index contributed by atoms with van der Waals surface area (Å²) < 4.78 is 10.2. The lowest BCUT2D eigenvalue weighted by molar-refractivity contribution is -0.120. The van der Waals surface area contributed by atoms with E-state index in [0.29, 0.717) is 12.2 Å². The van der Waals surface area contributed by atoms with Gasteiger partial charge in [-0.05, 0) is 62.2 Å². The van der Waals surface area contributed by atoms with Crippen LogP contribution in [0.4, 0.5) is 10.5 Å². The van der Waals surface area contributed by atoms with Crippen molar-refractivity contribution in [3.05, 3.63) is 65.7 Å². The highest BCUT2D eigenvalue weighted by Crippen LogP contribution is 2.14. The van der Waals surface area contributed by atoms with Crippen molar-refractivity contribution in [3.63, 3.8) is 0 Å². The van der Waals surface area contributed by atoms with Gasteiger partial charge in [0.1, 0.15) is 17.9 Å². The van der Waals surface area contributed by atoms with E-state index in [4.69, 9.17) is 9.47 Å². The fourth-order valence-electron chi connectivity index (χ4n) is 2.54. The minimum Gasteiger partial charge on any atom is -0.497 e. The third-order valence-electron chi connectivity index (χ3n) is 4.02. The van der Waals surface area contributed by atoms with E-state index in [-0.39, 0.29) is 18.4 Å². The highest BCUT2D eigenvalue weighted by atomic mass is 16.6. The smallest absolute Gasteiger partial charge is 0.408 e. The van der Waals surface area contributed by atoms with Gasteiger partial charge >= 0.3 is 6.09 Å². The molecule has 3 amide bonds. The predicted octanol–water partition coefficient (Wildman–Crippen LogP) is 3.49. The summed E-state index contributed by atoms with van der Waals surface area (Å²) in [5.41, 5.74) is 1.71. The van der Waals surface area contributed by atoms with Gasteiger partial charge in [0.05, 0.1) is 7.11 Å². The number of alkyl carbamates (subject to hydrolysis) is 1. The topological polar surface area (TPSA) is 106 Å². The second kappa shape index (κ2) is 11.5. The van der Waals surface area contributed by atoms with Crippen LogP contribution in [0.15, 0.2) is 54.6 Å². The Morgan fingerprint density at radius 1 is 1.00 bits per heavy atom. The van der Waals surface area contributed by atoms with Crippen LogP contribution in [0.2, 0.25) is 0 Å². The quantitative estimate of drug-likeness (QED) is 0.546. The molecule has 0 atom stereocenters. The largest absolute Gasteiger partial charge is 0.497 e. The van der Waals surface area contributed by atoms with Crippen LogP contribution in [0.5, 0.6) is 5.75 Å². The Bertz CT molecular complexity index is 962. The molecule has 0 aliphatic rings. The molecule has 8 heteroatoms. The maximum atomic E-state index is 12.1. The van der Waals surface area contributed by atoms with Crippen molar-refractivity contribution in [2.45, 2.75) is 32.9 Å². The van der Waals surface area contributed by atoms with Gasteiger partial charge in [-0.2, -0.15) is 0 Å². The number of hydrogen-bond donors (Lipinski definition) is 3. The van der Waals surface area contributed by atoms with E-state index < -0.39 is 11.7 Å². The van der Waals surface area contributed by atoms with Gasteiger partial charge in [0, 0.05) is 18.3 Å². The molecular formula is C24H29N3O5. The molecule has 0 unspecified atom stereocenters. The van der Waals surface area contributed by atoms with E-state index in [1.54, 1.807) is 58.2 Å². The summed E-state index contributed by atoms with van der Waals surface area (Å²) in [4.78, 5) is 35.6. The number of methoxy groups -OCH3 is 1. The van der Waals surface area contributed by atoms with Crippen LogP contribution in [0.1, 0.15) is 31.9 Å². The summed E-state index contributed by atoms with van der Waals surface area (Å²) in [5.74, 6) is 0.119. The molecule has 32 heavy (non-hydrogen) atoms. The highest BCUT2D eigenvalue weighted by molar-refractivity contribution is 6.01. The normalized spacial score (nSPS) is 11.0. The van der Waals surface area contributed by atoms with Gasteiger partial charge in [0.25, 0.3) is 0 Å². The number of carbonyl (C=O) groups is 3. The number of benzene rings is 2. The lowest BCUT2D eigenvalue weighted by atomic mass is 10.2. The van der Waals surface area contributed by atoms with Gasteiger partial charge in [-0.3, -0.25) is 9.59 Å². The van der Waals surface area contributed by atoms with Gasteiger partial charge in [0.15, 0.2) is 0 Å². The molecule has 0 spiro atoms. The van der Waals surface area contributed by atoms with Crippen molar-refractivity contribution in [3.8, 4) is 5.75 Å². The van der Waals surface area contributed by atoms with Crippen molar-refractivity contribution >= 4 is 29.7 Å². The molecular weight excluding hydrogens is 410 g/mol. The standard InChI is InChI=1S/C24H29N3O5/c1-24(2,3)32-23(30)26-16-22(29)25-15-18-8-11-19(12-9-18)27-21(28)13-10-17-6-5-7-20(14-17)31-4/h5-14H,15-16H2,1-4H3,(H,25,29)(H,26,30)(H,27,28)/b13-10+. The van der Waals surface area contributed by atoms with E-state index >= 15 is 0 Å². The summed E-state index contributed by atoms with van der Waals surface area (Å²) in [6.45, 7) is 5.35. The van der Waals surface area contributed by atoms with Gasteiger partial charge in [-0.25, -0.2) is 4.79 Å². The molecule has 0 aliphatic heterocycles. The van der Waals surface area contributed by atoms with E-state index in [1.807, 2.05) is 24.3 Å². The SMILES string of the molecule is COc1cccc(/C=C/C(=O)Nc2ccc(CNC(=O)CNC(=O)OC(C)(C)C)cc2)c1. The molecule has 0 aliphatic carbocycles. The first-order valence-electron chi connectivity index (χ1n) is 10.1. The van der Waals surface area contributed by atoms with Crippen LogP contribution in [0, 0.1) is 0 Å². The molecule has 170 valence electrons. The molecule has 8 nitrogen and oxygen atoms in total. The Morgan fingerprint density at radius 3 is 2.38 bits per heavy atom. The number of rotatable bonds is 8. The number of amides is 3. The number of hydrogen-bond acceptors (Lipinski definition) is 5. The molecule has 2 aromatic rings. The van der Waals surface area contributed by atoms with E-state index in [2.05, 4.69) is 16.0 Å². The minimum atomic E-state index is -0.645. The number of nitrogens with one attached hydrogen (secondary N) is 3. The zero-order valence-electron chi connectivity index (χ0n) is 18.7. The van der Waals surface area contributed by atoms with Crippen molar-refractivity contribution in [2.75, 3.05) is 19.0 Å². The van der Waals surface area contributed by atoms with Crippen molar-refractivity contribution < 1.29 is 23.9 Å². The molecule has 0 saturated heterocycles. The zero-order valence-corrected chi connectivity index (χ0v) is 18.7. The van der Waals surface area contributed by atoms with E-state index in [9.17, 15) is 14.4 Å². The minimum absolute atomic E-state index is 0.178. The average molecular weight is 440 g/mol. The fourth-order valence-corrected chi connectivity index (χ4v) is 2.54. The average Bonchev–Trinajstić information content (AvgIpc) is 2.75. The van der Waals surface area contributed by atoms with Crippen LogP contribution in [0.3, 0.4) is 0 Å². The Morgan fingerprint density at radius 2 is 1.72 bits per heavy atom. The first kappa shape index (κ1) is 24.5. The first-order chi connectivity index (χ1) is 15.1. The second-order valence-electron chi connectivity index (χ2n) is 7.93. The Kier molecular flexibility index (Phi) is 8.83. The maximum absolute atomic E-state index is 12.1. The van der Waals surface area contributed by atoms with E-state index in [0.717, 1.165) is 16.9 Å². The van der Waals surface area contributed by atoms with Gasteiger partial charge in [0.2, 0.25) is 11.8 Å². The van der Waals surface area contributed by atoms with Crippen molar-refractivity contribution in [1.29, 1.82) is 0 Å². The van der Waals surface area contributed by atoms with Gasteiger partial charge in [-0.15, -0.1) is 0 Å². The molecule has 0 aromatic heterocycles. The number of anilines is 1. The Balaban J connectivity index is 1.76. The first-order valence-corrected chi connectivity index (χ1v) is 10.1. The third-order valence-corrected chi connectivity index (χ3v) is 4.02. The molecule has 0 saturated carbocycles. The zero-order chi connectivity index (χ0) is 23.6. The number of carbonyl (C=O) groups excluding carboxylic acids is 3. The summed E-state index contributed by atoms with van der Waals surface area (Å²) in [6, 6.07) is 14.5.